The van der Waals surface area contributed by atoms with Gasteiger partial charge in [0.2, 0.25) is 11.8 Å². The van der Waals surface area contributed by atoms with E-state index in [1.54, 1.807) is 11.2 Å². The van der Waals surface area contributed by atoms with Crippen molar-refractivity contribution in [1.82, 2.24) is 15.2 Å². The number of nitrogens with zero attached hydrogens (tertiary/aromatic N) is 2. The lowest BCUT2D eigenvalue weighted by Gasteiger charge is -2.22. The lowest BCUT2D eigenvalue weighted by Crippen LogP contribution is -2.37. The molecule has 0 aliphatic carbocycles. The maximum atomic E-state index is 12.2. The van der Waals surface area contributed by atoms with Gasteiger partial charge < -0.3 is 26.1 Å². The first-order valence-corrected chi connectivity index (χ1v) is 11.0. The van der Waals surface area contributed by atoms with E-state index in [0.29, 0.717) is 43.8 Å². The van der Waals surface area contributed by atoms with Gasteiger partial charge >= 0.3 is 0 Å². The molecule has 1 aliphatic heterocycles. The molecule has 168 valence electrons. The number of hydrogen-bond donors (Lipinski definition) is 4. The molecule has 1 heterocycles. The highest BCUT2D eigenvalue weighted by atomic mass is 16.3. The van der Waals surface area contributed by atoms with E-state index in [9.17, 15) is 14.7 Å². The predicted molar refractivity (Wildman–Crippen MR) is 115 cm³/mol. The topological polar surface area (TPSA) is 125 Å². The summed E-state index contributed by atoms with van der Waals surface area (Å²) in [4.78, 5) is 25.9. The third kappa shape index (κ3) is 11.1. The van der Waals surface area contributed by atoms with E-state index in [1.165, 1.54) is 0 Å². The summed E-state index contributed by atoms with van der Waals surface area (Å²) in [7, 11) is 0. The molecule has 1 atom stereocenters. The molecule has 0 bridgehead atoms. The fraction of sp³-hybridized carbons (Fsp3) is 0.810. The zero-order valence-electron chi connectivity index (χ0n) is 18.2. The van der Waals surface area contributed by atoms with Crippen molar-refractivity contribution in [3.8, 4) is 0 Å². The molecule has 1 aliphatic rings. The van der Waals surface area contributed by atoms with Crippen molar-refractivity contribution in [1.29, 1.82) is 0 Å². The molecular formula is C21H41N5O3. The molecule has 6 N–H and O–H groups in total. The zero-order chi connectivity index (χ0) is 21.6. The Morgan fingerprint density at radius 3 is 2.66 bits per heavy atom. The average molecular weight is 412 g/mol. The van der Waals surface area contributed by atoms with Gasteiger partial charge in [0.1, 0.15) is 0 Å². The summed E-state index contributed by atoms with van der Waals surface area (Å²) in [6, 6.07) is 0.00815. The van der Waals surface area contributed by atoms with Gasteiger partial charge in [-0.3, -0.25) is 9.59 Å². The Kier molecular flexibility index (Phi) is 12.4. The Hall–Kier alpha value is -1.80. The number of aliphatic hydroxyl groups excluding tert-OH is 1. The Morgan fingerprint density at radius 1 is 1.21 bits per heavy atom. The lowest BCUT2D eigenvalue weighted by atomic mass is 10.1. The van der Waals surface area contributed by atoms with Gasteiger partial charge in [0, 0.05) is 44.4 Å². The number of hydrogen-bond acceptors (Lipinski definition) is 6. The van der Waals surface area contributed by atoms with Crippen molar-refractivity contribution < 1.29 is 14.7 Å². The quantitative estimate of drug-likeness (QED) is 0.195. The highest BCUT2D eigenvalue weighted by Crippen LogP contribution is 2.18. The summed E-state index contributed by atoms with van der Waals surface area (Å²) in [6.07, 6.45) is 8.51. The Morgan fingerprint density at radius 2 is 1.97 bits per heavy atom. The second-order valence-corrected chi connectivity index (χ2v) is 8.37. The van der Waals surface area contributed by atoms with Crippen LogP contribution >= 0.6 is 0 Å². The number of unbranched alkanes of at least 4 members (excludes halogenated alkanes) is 2. The molecule has 0 aromatic rings. The molecule has 1 unspecified atom stereocenters. The van der Waals surface area contributed by atoms with Crippen LogP contribution in [0.3, 0.4) is 0 Å². The minimum Gasteiger partial charge on any atom is -0.401 e. The summed E-state index contributed by atoms with van der Waals surface area (Å²) in [5, 5.41) is 13.8. The molecule has 0 aromatic heterocycles. The molecule has 8 nitrogen and oxygen atoms in total. The third-order valence-corrected chi connectivity index (χ3v) is 5.07. The van der Waals surface area contributed by atoms with Crippen LogP contribution in [0.4, 0.5) is 0 Å². The van der Waals surface area contributed by atoms with Crippen molar-refractivity contribution in [2.24, 2.45) is 17.5 Å². The van der Waals surface area contributed by atoms with E-state index in [1.807, 2.05) is 4.90 Å². The molecular weight excluding hydrogens is 370 g/mol. The third-order valence-electron chi connectivity index (χ3n) is 5.07. The number of likely N-dealkylation sites (tertiary alicyclic amines) is 1. The van der Waals surface area contributed by atoms with Crippen molar-refractivity contribution in [3.05, 3.63) is 11.9 Å². The molecule has 1 fully saturated rings. The molecule has 2 amide bonds. The first kappa shape index (κ1) is 25.2. The fourth-order valence-electron chi connectivity index (χ4n) is 3.60. The maximum absolute atomic E-state index is 12.2. The van der Waals surface area contributed by atoms with Crippen LogP contribution in [0.1, 0.15) is 71.6 Å². The second-order valence-electron chi connectivity index (χ2n) is 8.37. The van der Waals surface area contributed by atoms with Gasteiger partial charge in [-0.1, -0.05) is 20.3 Å². The highest BCUT2D eigenvalue weighted by Gasteiger charge is 2.27. The summed E-state index contributed by atoms with van der Waals surface area (Å²) >= 11 is 0. The van der Waals surface area contributed by atoms with Gasteiger partial charge in [-0.2, -0.15) is 0 Å². The fourth-order valence-corrected chi connectivity index (χ4v) is 3.60. The van der Waals surface area contributed by atoms with Gasteiger partial charge in [0.05, 0.1) is 12.6 Å². The number of aliphatic hydroxyl groups is 1. The first-order valence-electron chi connectivity index (χ1n) is 11.0. The van der Waals surface area contributed by atoms with E-state index >= 15 is 0 Å². The molecule has 0 radical (unpaired) electrons. The van der Waals surface area contributed by atoms with E-state index in [2.05, 4.69) is 19.2 Å². The number of nitrogens with two attached hydrogens (primary N) is 2. The monoisotopic (exact) mass is 411 g/mol. The number of nitrogens with one attached hydrogen (secondary N) is 1. The van der Waals surface area contributed by atoms with Crippen molar-refractivity contribution in [3.63, 3.8) is 0 Å². The van der Waals surface area contributed by atoms with Crippen LogP contribution in [-0.4, -0.2) is 59.1 Å². The number of allylic oxidation sites excluding steroid dienone is 1. The van der Waals surface area contributed by atoms with Crippen LogP contribution in [0, 0.1) is 5.92 Å². The van der Waals surface area contributed by atoms with E-state index < -0.39 is 0 Å². The van der Waals surface area contributed by atoms with Crippen LogP contribution < -0.4 is 16.9 Å². The summed E-state index contributed by atoms with van der Waals surface area (Å²) in [6.45, 7) is 6.38. The highest BCUT2D eigenvalue weighted by molar-refractivity contribution is 5.77. The summed E-state index contributed by atoms with van der Waals surface area (Å²) in [5.74, 6) is 6.48. The largest absolute Gasteiger partial charge is 0.401 e. The molecule has 1 rings (SSSR count). The van der Waals surface area contributed by atoms with Gasteiger partial charge in [-0.15, -0.1) is 0 Å². The van der Waals surface area contributed by atoms with Crippen LogP contribution in [0.15, 0.2) is 11.9 Å². The number of hydrazine groups is 1. The Balaban J connectivity index is 2.04. The molecule has 8 heteroatoms. The molecule has 29 heavy (non-hydrogen) atoms. The predicted octanol–water partition coefficient (Wildman–Crippen LogP) is 1.45. The van der Waals surface area contributed by atoms with E-state index in [0.717, 1.165) is 45.2 Å². The average Bonchev–Trinajstić information content (AvgIpc) is 3.12. The normalized spacial score (nSPS) is 17.1. The van der Waals surface area contributed by atoms with Gasteiger partial charge in [-0.05, 0) is 44.4 Å². The molecule has 0 aromatic carbocycles. The van der Waals surface area contributed by atoms with Gasteiger partial charge in [-0.25, -0.2) is 5.84 Å². The second kappa shape index (κ2) is 14.2. The van der Waals surface area contributed by atoms with Gasteiger partial charge in [0.25, 0.3) is 0 Å². The Labute approximate surface area is 175 Å². The number of rotatable bonds is 14. The molecule has 1 saturated heterocycles. The number of carbonyl (C=O) groups is 2. The number of amides is 2. The Bertz CT molecular complexity index is 524. The van der Waals surface area contributed by atoms with Crippen LogP contribution in [0.5, 0.6) is 0 Å². The standard InChI is InChI=1S/C21H41N5O3/c1-17(2)14-25(23)15-18(22)8-6-10-20(28)24-12-5-3-4-11-21(29)26-13-7-9-19(26)16-27/h15,17,19,27H,3-14,16,22-23H2,1-2H3,(H,24,28)/b18-15-. The minimum absolute atomic E-state index is 0.00815. The van der Waals surface area contributed by atoms with Crippen molar-refractivity contribution >= 4 is 11.8 Å². The first-order chi connectivity index (χ1) is 13.8. The van der Waals surface area contributed by atoms with Crippen molar-refractivity contribution in [2.75, 3.05) is 26.2 Å². The van der Waals surface area contributed by atoms with Crippen molar-refractivity contribution in [2.45, 2.75) is 77.7 Å². The van der Waals surface area contributed by atoms with Crippen LogP contribution in [-0.2, 0) is 9.59 Å². The lowest BCUT2D eigenvalue weighted by molar-refractivity contribution is -0.132. The van der Waals surface area contributed by atoms with Gasteiger partial charge in [0.15, 0.2) is 0 Å². The van der Waals surface area contributed by atoms with Crippen LogP contribution in [0.2, 0.25) is 0 Å². The summed E-state index contributed by atoms with van der Waals surface area (Å²) < 4.78 is 0. The maximum Gasteiger partial charge on any atom is 0.222 e. The molecule has 0 spiro atoms. The van der Waals surface area contributed by atoms with E-state index in [-0.39, 0.29) is 24.5 Å². The van der Waals surface area contributed by atoms with Crippen LogP contribution in [0.25, 0.3) is 0 Å². The smallest absolute Gasteiger partial charge is 0.222 e. The zero-order valence-corrected chi connectivity index (χ0v) is 18.2. The van der Waals surface area contributed by atoms with E-state index in [4.69, 9.17) is 11.6 Å². The minimum atomic E-state index is 0.00815. The SMILES string of the molecule is CC(C)CN(N)/C=C(\N)CCCC(=O)NCCCCCC(=O)N1CCCC1CO. The number of carbonyl (C=O) groups excluding carboxylic acids is 2. The molecule has 0 saturated carbocycles. The summed E-state index contributed by atoms with van der Waals surface area (Å²) in [5.41, 5.74) is 6.63.